The Morgan fingerprint density at radius 1 is 1.22 bits per heavy atom. The number of hydrogen-bond donors (Lipinski definition) is 1. The Bertz CT molecular complexity index is 600. The molecule has 0 aliphatic carbocycles. The number of halogens is 1. The second-order valence-corrected chi connectivity index (χ2v) is 4.15. The maximum Gasteiger partial charge on any atom is 0.258 e. The van der Waals surface area contributed by atoms with E-state index in [1.54, 1.807) is 19.1 Å². The molecule has 0 aliphatic heterocycles. The van der Waals surface area contributed by atoms with Gasteiger partial charge in [0.1, 0.15) is 5.15 Å². The first kappa shape index (κ1) is 12.4. The summed E-state index contributed by atoms with van der Waals surface area (Å²) in [5.74, 6) is 0.0315. The topological polar surface area (TPSA) is 67.8 Å². The molecule has 1 amide bonds. The van der Waals surface area contributed by atoms with Gasteiger partial charge in [0, 0.05) is 5.69 Å². The summed E-state index contributed by atoms with van der Waals surface area (Å²) in [7, 11) is 0. The summed E-state index contributed by atoms with van der Waals surface area (Å²) in [6.07, 6.45) is 2.83. The maximum absolute atomic E-state index is 12.0. The second-order valence-electron chi connectivity index (χ2n) is 3.77. The average Bonchev–Trinajstić information content (AvgIpc) is 2.28. The lowest BCUT2D eigenvalue weighted by Crippen LogP contribution is -2.15. The molecule has 5 nitrogen and oxygen atoms in total. The number of rotatable bonds is 2. The molecular weight excluding hydrogens is 252 g/mol. The van der Waals surface area contributed by atoms with Crippen molar-refractivity contribution in [2.45, 2.75) is 13.8 Å². The zero-order chi connectivity index (χ0) is 13.1. The molecule has 2 rings (SSSR count). The summed E-state index contributed by atoms with van der Waals surface area (Å²) in [4.78, 5) is 24.0. The minimum Gasteiger partial charge on any atom is -0.305 e. The van der Waals surface area contributed by atoms with Crippen LogP contribution in [0.1, 0.15) is 21.7 Å². The Kier molecular flexibility index (Phi) is 3.53. The molecule has 0 unspecified atom stereocenters. The van der Waals surface area contributed by atoms with Crippen molar-refractivity contribution in [2.75, 3.05) is 5.32 Å². The van der Waals surface area contributed by atoms with Crippen LogP contribution in [0.4, 0.5) is 5.82 Å². The van der Waals surface area contributed by atoms with Crippen LogP contribution in [0.5, 0.6) is 0 Å². The summed E-state index contributed by atoms with van der Waals surface area (Å²) in [5.41, 5.74) is 2.04. The van der Waals surface area contributed by atoms with Gasteiger partial charge in [0.25, 0.3) is 5.91 Å². The second kappa shape index (κ2) is 5.10. The zero-order valence-corrected chi connectivity index (χ0v) is 10.7. The van der Waals surface area contributed by atoms with Crippen molar-refractivity contribution in [1.82, 2.24) is 15.0 Å². The summed E-state index contributed by atoms with van der Waals surface area (Å²) in [6, 6.07) is 3.51. The first-order chi connectivity index (χ1) is 8.56. The van der Waals surface area contributed by atoms with Gasteiger partial charge in [0.2, 0.25) is 0 Å². The van der Waals surface area contributed by atoms with E-state index in [1.165, 1.54) is 12.4 Å². The molecule has 0 saturated carbocycles. The van der Waals surface area contributed by atoms with Crippen LogP contribution >= 0.6 is 11.6 Å². The largest absolute Gasteiger partial charge is 0.305 e. The molecule has 0 bridgehead atoms. The third-order valence-corrected chi connectivity index (χ3v) is 2.50. The number of carbonyl (C=O) groups excluding carboxylic acids is 1. The molecular formula is C12H11ClN4O. The van der Waals surface area contributed by atoms with Crippen molar-refractivity contribution in [1.29, 1.82) is 0 Å². The predicted octanol–water partition coefficient (Wildman–Crippen LogP) is 2.39. The Hall–Kier alpha value is -2.01. The fourth-order valence-corrected chi connectivity index (χ4v) is 1.66. The van der Waals surface area contributed by atoms with E-state index in [1.807, 2.05) is 6.92 Å². The molecule has 0 atom stereocenters. The molecule has 18 heavy (non-hydrogen) atoms. The van der Waals surface area contributed by atoms with Gasteiger partial charge in [0.05, 0.1) is 23.7 Å². The Morgan fingerprint density at radius 2 is 2.00 bits per heavy atom. The normalized spacial score (nSPS) is 10.2. The van der Waals surface area contributed by atoms with Gasteiger partial charge in [-0.25, -0.2) is 4.98 Å². The van der Waals surface area contributed by atoms with E-state index < -0.39 is 0 Å². The number of amides is 1. The number of carbonyl (C=O) groups is 1. The molecule has 0 aromatic carbocycles. The standard InChI is InChI=1S/C12H11ClN4O/c1-7-3-4-9(8(2)15-7)12(18)17-11-6-14-5-10(13)16-11/h3-6H,1-2H3,(H,16,17,18). The number of aryl methyl sites for hydroxylation is 2. The van der Waals surface area contributed by atoms with Crippen molar-refractivity contribution >= 4 is 23.3 Å². The van der Waals surface area contributed by atoms with Gasteiger partial charge in [-0.1, -0.05) is 11.6 Å². The summed E-state index contributed by atoms with van der Waals surface area (Å²) < 4.78 is 0. The zero-order valence-electron chi connectivity index (χ0n) is 9.94. The molecule has 1 N–H and O–H groups in total. The van der Waals surface area contributed by atoms with Gasteiger partial charge in [-0.2, -0.15) is 0 Å². The lowest BCUT2D eigenvalue weighted by Gasteiger charge is -2.06. The predicted molar refractivity (Wildman–Crippen MR) is 68.7 cm³/mol. The van der Waals surface area contributed by atoms with Crippen LogP contribution in [0.15, 0.2) is 24.5 Å². The fraction of sp³-hybridized carbons (Fsp3) is 0.167. The summed E-state index contributed by atoms with van der Waals surface area (Å²) >= 11 is 5.69. The van der Waals surface area contributed by atoms with Gasteiger partial charge >= 0.3 is 0 Å². The number of anilines is 1. The minimum absolute atomic E-state index is 0.228. The molecule has 92 valence electrons. The van der Waals surface area contributed by atoms with Crippen molar-refractivity contribution in [3.63, 3.8) is 0 Å². The molecule has 6 heteroatoms. The third kappa shape index (κ3) is 2.81. The van der Waals surface area contributed by atoms with Crippen LogP contribution in [-0.4, -0.2) is 20.9 Å². The van der Waals surface area contributed by atoms with Crippen molar-refractivity contribution < 1.29 is 4.79 Å². The van der Waals surface area contributed by atoms with E-state index in [4.69, 9.17) is 11.6 Å². The van der Waals surface area contributed by atoms with Gasteiger partial charge < -0.3 is 5.32 Å². The monoisotopic (exact) mass is 262 g/mol. The Morgan fingerprint density at radius 3 is 2.67 bits per heavy atom. The molecule has 2 aromatic rings. The Balaban J connectivity index is 2.22. The highest BCUT2D eigenvalue weighted by Gasteiger charge is 2.11. The van der Waals surface area contributed by atoms with Crippen LogP contribution in [-0.2, 0) is 0 Å². The number of pyridine rings is 1. The van der Waals surface area contributed by atoms with Gasteiger partial charge in [0.15, 0.2) is 5.82 Å². The van der Waals surface area contributed by atoms with E-state index in [2.05, 4.69) is 20.3 Å². The van der Waals surface area contributed by atoms with E-state index in [0.29, 0.717) is 17.1 Å². The van der Waals surface area contributed by atoms with E-state index in [0.717, 1.165) is 5.69 Å². The maximum atomic E-state index is 12.0. The van der Waals surface area contributed by atoms with Gasteiger partial charge in [-0.05, 0) is 26.0 Å². The van der Waals surface area contributed by atoms with Crippen molar-refractivity contribution in [2.24, 2.45) is 0 Å². The number of hydrogen-bond acceptors (Lipinski definition) is 4. The first-order valence-electron chi connectivity index (χ1n) is 5.29. The summed E-state index contributed by atoms with van der Waals surface area (Å²) in [6.45, 7) is 3.66. The number of aromatic nitrogens is 3. The van der Waals surface area contributed by atoms with Crippen LogP contribution < -0.4 is 5.32 Å². The first-order valence-corrected chi connectivity index (χ1v) is 5.67. The van der Waals surface area contributed by atoms with E-state index in [9.17, 15) is 4.79 Å². The lowest BCUT2D eigenvalue weighted by atomic mass is 10.2. The summed E-state index contributed by atoms with van der Waals surface area (Å²) in [5, 5.41) is 2.85. The molecule has 2 heterocycles. The number of nitrogens with zero attached hydrogens (tertiary/aromatic N) is 3. The molecule has 0 radical (unpaired) electrons. The SMILES string of the molecule is Cc1ccc(C(=O)Nc2cncc(Cl)n2)c(C)n1. The number of nitrogens with one attached hydrogen (secondary N) is 1. The van der Waals surface area contributed by atoms with Crippen molar-refractivity contribution in [3.8, 4) is 0 Å². The van der Waals surface area contributed by atoms with Crippen LogP contribution in [0.25, 0.3) is 0 Å². The third-order valence-electron chi connectivity index (χ3n) is 2.32. The molecule has 2 aromatic heterocycles. The lowest BCUT2D eigenvalue weighted by molar-refractivity contribution is 0.102. The molecule has 0 fully saturated rings. The van der Waals surface area contributed by atoms with Gasteiger partial charge in [-0.3, -0.25) is 14.8 Å². The Labute approximate surface area is 109 Å². The van der Waals surface area contributed by atoms with Crippen LogP contribution in [0, 0.1) is 13.8 Å². The van der Waals surface area contributed by atoms with Gasteiger partial charge in [-0.15, -0.1) is 0 Å². The highest BCUT2D eigenvalue weighted by molar-refractivity contribution is 6.29. The molecule has 0 aliphatic rings. The fourth-order valence-electron chi connectivity index (χ4n) is 1.51. The molecule has 0 spiro atoms. The highest BCUT2D eigenvalue weighted by atomic mass is 35.5. The minimum atomic E-state index is -0.281. The quantitative estimate of drug-likeness (QED) is 0.902. The van der Waals surface area contributed by atoms with E-state index >= 15 is 0 Å². The molecule has 0 saturated heterocycles. The van der Waals surface area contributed by atoms with Crippen LogP contribution in [0.2, 0.25) is 5.15 Å². The van der Waals surface area contributed by atoms with E-state index in [-0.39, 0.29) is 11.1 Å². The smallest absolute Gasteiger partial charge is 0.258 e. The average molecular weight is 263 g/mol. The van der Waals surface area contributed by atoms with Crippen molar-refractivity contribution in [3.05, 3.63) is 46.6 Å². The highest BCUT2D eigenvalue weighted by Crippen LogP contribution is 2.11. The van der Waals surface area contributed by atoms with Crippen LogP contribution in [0.3, 0.4) is 0 Å².